The lowest BCUT2D eigenvalue weighted by atomic mass is 9.98. The molecule has 1 aliphatic heterocycles. The normalized spacial score (nSPS) is 15.8. The van der Waals surface area contributed by atoms with Gasteiger partial charge in [-0.2, -0.15) is 0 Å². The Kier molecular flexibility index (Phi) is 5.83. The van der Waals surface area contributed by atoms with Crippen LogP contribution in [-0.4, -0.2) is 59.4 Å². The Morgan fingerprint density at radius 1 is 1.12 bits per heavy atom. The van der Waals surface area contributed by atoms with Gasteiger partial charge in [-0.1, -0.05) is 23.7 Å². The molecule has 0 saturated heterocycles. The fraction of sp³-hybridized carbons (Fsp3) is 0.280. The van der Waals surface area contributed by atoms with Crippen LogP contribution in [0.3, 0.4) is 0 Å². The summed E-state index contributed by atoms with van der Waals surface area (Å²) < 4.78 is 11.3. The van der Waals surface area contributed by atoms with Gasteiger partial charge in [-0.25, -0.2) is 0 Å². The second-order valence-electron chi connectivity index (χ2n) is 8.13. The van der Waals surface area contributed by atoms with E-state index >= 15 is 0 Å². The van der Waals surface area contributed by atoms with E-state index in [1.54, 1.807) is 7.11 Å². The Morgan fingerprint density at radius 3 is 2.84 bits per heavy atom. The van der Waals surface area contributed by atoms with Crippen LogP contribution in [0.4, 0.5) is 0 Å². The molecule has 2 aromatic carbocycles. The second-order valence-corrected chi connectivity index (χ2v) is 8.54. The van der Waals surface area contributed by atoms with E-state index in [9.17, 15) is 5.11 Å². The molecule has 3 heterocycles. The zero-order valence-electron chi connectivity index (χ0n) is 17.9. The summed E-state index contributed by atoms with van der Waals surface area (Å²) in [5.41, 5.74) is 4.50. The Hall–Kier alpha value is -2.93. The lowest BCUT2D eigenvalue weighted by Gasteiger charge is -2.28. The van der Waals surface area contributed by atoms with Gasteiger partial charge in [-0.3, -0.25) is 4.90 Å². The van der Waals surface area contributed by atoms with Crippen LogP contribution in [0.5, 0.6) is 11.5 Å². The third-order valence-corrected chi connectivity index (χ3v) is 6.34. The molecule has 0 bridgehead atoms. The Labute approximate surface area is 191 Å². The lowest BCUT2D eigenvalue weighted by Crippen LogP contribution is -2.38. The van der Waals surface area contributed by atoms with Crippen LogP contribution < -0.4 is 9.47 Å². The standard InChI is InChI=1S/C25H26ClN3O3/c1-31-25-11-19-20(13-28-23(19)12-21(25)26)16-6-9-29(10-7-16)14-17(30)15-32-24-4-2-3-22-18(24)5-8-27-22/h2-6,8,11-13,17,27-28,30H,7,9-10,14-15H2,1H3. The number of aromatic nitrogens is 2. The molecule has 4 aromatic rings. The van der Waals surface area contributed by atoms with Crippen LogP contribution in [0, 0.1) is 0 Å². The number of nitrogens with one attached hydrogen (secondary N) is 2. The molecule has 166 valence electrons. The minimum Gasteiger partial charge on any atom is -0.495 e. The Bertz CT molecular complexity index is 1280. The van der Waals surface area contributed by atoms with Gasteiger partial charge in [0.2, 0.25) is 0 Å². The maximum absolute atomic E-state index is 10.5. The van der Waals surface area contributed by atoms with Crippen molar-refractivity contribution in [2.45, 2.75) is 12.5 Å². The number of methoxy groups -OCH3 is 1. The third-order valence-electron chi connectivity index (χ3n) is 6.05. The monoisotopic (exact) mass is 451 g/mol. The topological polar surface area (TPSA) is 73.5 Å². The van der Waals surface area contributed by atoms with Crippen LogP contribution in [0.1, 0.15) is 12.0 Å². The van der Waals surface area contributed by atoms with Crippen molar-refractivity contribution < 1.29 is 14.6 Å². The summed E-state index contributed by atoms with van der Waals surface area (Å²) in [6.45, 7) is 2.51. The molecule has 32 heavy (non-hydrogen) atoms. The van der Waals surface area contributed by atoms with Gasteiger partial charge >= 0.3 is 0 Å². The fourth-order valence-electron chi connectivity index (χ4n) is 4.39. The summed E-state index contributed by atoms with van der Waals surface area (Å²) in [4.78, 5) is 8.74. The molecule has 1 unspecified atom stereocenters. The first-order valence-corrected chi connectivity index (χ1v) is 11.1. The zero-order valence-corrected chi connectivity index (χ0v) is 18.7. The van der Waals surface area contributed by atoms with E-state index in [1.165, 1.54) is 11.1 Å². The molecule has 0 aliphatic carbocycles. The van der Waals surface area contributed by atoms with Crippen LogP contribution in [0.25, 0.3) is 27.4 Å². The van der Waals surface area contributed by atoms with Crippen molar-refractivity contribution in [3.05, 3.63) is 65.5 Å². The summed E-state index contributed by atoms with van der Waals surface area (Å²) in [6, 6.07) is 11.8. The van der Waals surface area contributed by atoms with Gasteiger partial charge in [-0.15, -0.1) is 0 Å². The van der Waals surface area contributed by atoms with Gasteiger partial charge in [0.25, 0.3) is 0 Å². The van der Waals surface area contributed by atoms with Gasteiger partial charge in [0.1, 0.15) is 24.2 Å². The van der Waals surface area contributed by atoms with E-state index in [0.717, 1.165) is 47.1 Å². The number of β-amino-alcohol motifs (C(OH)–C–C–N with tert-alkyl or cyclic N) is 1. The van der Waals surface area contributed by atoms with Gasteiger partial charge in [0.05, 0.1) is 12.1 Å². The van der Waals surface area contributed by atoms with Crippen molar-refractivity contribution in [2.75, 3.05) is 33.4 Å². The number of hydrogen-bond donors (Lipinski definition) is 3. The Morgan fingerprint density at radius 2 is 2.03 bits per heavy atom. The number of benzene rings is 2. The summed E-state index contributed by atoms with van der Waals surface area (Å²) in [5.74, 6) is 1.47. The van der Waals surface area contributed by atoms with E-state index in [4.69, 9.17) is 21.1 Å². The molecule has 5 rings (SSSR count). The van der Waals surface area contributed by atoms with Crippen molar-refractivity contribution in [3.63, 3.8) is 0 Å². The zero-order chi connectivity index (χ0) is 22.1. The average Bonchev–Trinajstić information content (AvgIpc) is 3.44. The van der Waals surface area contributed by atoms with Crippen molar-refractivity contribution >= 4 is 39.0 Å². The van der Waals surface area contributed by atoms with Gasteiger partial charge in [0.15, 0.2) is 0 Å². The van der Waals surface area contributed by atoms with Crippen molar-refractivity contribution in [3.8, 4) is 11.5 Å². The van der Waals surface area contributed by atoms with Crippen molar-refractivity contribution in [1.82, 2.24) is 14.9 Å². The number of aliphatic hydroxyl groups is 1. The highest BCUT2D eigenvalue weighted by molar-refractivity contribution is 6.32. The third kappa shape index (κ3) is 4.09. The van der Waals surface area contributed by atoms with Crippen LogP contribution in [-0.2, 0) is 0 Å². The number of rotatable bonds is 7. The summed E-state index contributed by atoms with van der Waals surface area (Å²) in [5, 5.41) is 13.3. The Balaban J connectivity index is 1.21. The van der Waals surface area contributed by atoms with Crippen LogP contribution in [0.15, 0.2) is 54.9 Å². The molecule has 6 nitrogen and oxygen atoms in total. The minimum atomic E-state index is -0.557. The second kappa shape index (κ2) is 8.90. The minimum absolute atomic E-state index is 0.264. The molecule has 1 aliphatic rings. The van der Waals surface area contributed by atoms with Crippen molar-refractivity contribution in [1.29, 1.82) is 0 Å². The van der Waals surface area contributed by atoms with E-state index in [1.807, 2.05) is 48.8 Å². The van der Waals surface area contributed by atoms with E-state index < -0.39 is 6.10 Å². The number of ether oxygens (including phenoxy) is 2. The number of fused-ring (bicyclic) bond motifs is 2. The average molecular weight is 452 g/mol. The van der Waals surface area contributed by atoms with Gasteiger partial charge < -0.3 is 24.5 Å². The first-order chi connectivity index (χ1) is 15.6. The number of hydrogen-bond acceptors (Lipinski definition) is 4. The summed E-state index contributed by atoms with van der Waals surface area (Å²) in [7, 11) is 1.63. The molecule has 0 spiro atoms. The predicted molar refractivity (Wildman–Crippen MR) is 129 cm³/mol. The summed E-state index contributed by atoms with van der Waals surface area (Å²) >= 11 is 6.25. The fourth-order valence-corrected chi connectivity index (χ4v) is 4.63. The maximum Gasteiger partial charge on any atom is 0.138 e. The first kappa shape index (κ1) is 20.9. The number of H-pyrrole nitrogens is 2. The van der Waals surface area contributed by atoms with Gasteiger partial charge in [0, 0.05) is 59.4 Å². The SMILES string of the molecule is COc1cc2c(C3=CCN(CC(O)COc4cccc5[nH]ccc45)CC3)c[nH]c2cc1Cl. The highest BCUT2D eigenvalue weighted by Gasteiger charge is 2.19. The van der Waals surface area contributed by atoms with Gasteiger partial charge in [-0.05, 0) is 42.3 Å². The van der Waals surface area contributed by atoms with Crippen molar-refractivity contribution in [2.24, 2.45) is 0 Å². The van der Waals surface area contributed by atoms with Crippen LogP contribution in [0.2, 0.25) is 5.02 Å². The number of halogens is 1. The molecule has 0 fully saturated rings. The summed E-state index contributed by atoms with van der Waals surface area (Å²) in [6.07, 6.45) is 6.52. The highest BCUT2D eigenvalue weighted by atomic mass is 35.5. The van der Waals surface area contributed by atoms with E-state index in [-0.39, 0.29) is 6.61 Å². The predicted octanol–water partition coefficient (Wildman–Crippen LogP) is 4.84. The maximum atomic E-state index is 10.5. The lowest BCUT2D eigenvalue weighted by molar-refractivity contribution is 0.0722. The molecule has 0 amide bonds. The molecule has 1 atom stereocenters. The van der Waals surface area contributed by atoms with E-state index in [2.05, 4.69) is 20.9 Å². The molecule has 0 radical (unpaired) electrons. The number of aliphatic hydroxyl groups excluding tert-OH is 1. The molecule has 3 N–H and O–H groups in total. The molecule has 0 saturated carbocycles. The molecule has 2 aromatic heterocycles. The quantitative estimate of drug-likeness (QED) is 0.376. The molecule has 7 heteroatoms. The largest absolute Gasteiger partial charge is 0.495 e. The molecular formula is C25H26ClN3O3. The molecular weight excluding hydrogens is 426 g/mol. The highest BCUT2D eigenvalue weighted by Crippen LogP contribution is 2.35. The van der Waals surface area contributed by atoms with Crippen LogP contribution >= 0.6 is 11.6 Å². The number of aromatic amines is 2. The smallest absolute Gasteiger partial charge is 0.138 e. The number of nitrogens with zero attached hydrogens (tertiary/aromatic N) is 1. The van der Waals surface area contributed by atoms with E-state index in [0.29, 0.717) is 17.3 Å². The first-order valence-electron chi connectivity index (χ1n) is 10.8.